The maximum absolute atomic E-state index is 12.1. The van der Waals surface area contributed by atoms with Gasteiger partial charge in [0.25, 0.3) is 5.91 Å². The first kappa shape index (κ1) is 17.6. The smallest absolute Gasteiger partial charge is 0.348 e. The largest absolute Gasteiger partial charge is 0.467 e. The average molecular weight is 359 g/mol. The molecule has 0 spiro atoms. The topological polar surface area (TPSA) is 84.1 Å². The molecule has 6 nitrogen and oxygen atoms in total. The zero-order valence-corrected chi connectivity index (χ0v) is 15.3. The van der Waals surface area contributed by atoms with Crippen LogP contribution >= 0.6 is 0 Å². The van der Waals surface area contributed by atoms with Crippen molar-refractivity contribution >= 4 is 5.91 Å². The van der Waals surface area contributed by atoms with Crippen LogP contribution in [0.4, 0.5) is 0 Å². The third-order valence-corrected chi connectivity index (χ3v) is 6.45. The minimum atomic E-state index is -0.404. The number of fused-ring (bicyclic) bond motifs is 2. The van der Waals surface area contributed by atoms with E-state index in [1.807, 2.05) is 0 Å². The molecule has 3 fully saturated rings. The standard InChI is InChI=1S/C20H29N3O3/c24-18(21-11-15-8-13-3-1-4-14(7-13)9-15)12-26-19-10-17(16-5-2-6-16)22-20(25)23-19/h10,13-16H,1-9,11-12H2,(H,21,24)(H,22,23,25). The number of nitrogens with one attached hydrogen (secondary N) is 2. The minimum absolute atomic E-state index is 0.0832. The van der Waals surface area contributed by atoms with E-state index in [0.29, 0.717) is 11.8 Å². The van der Waals surface area contributed by atoms with Crippen LogP contribution in [0.15, 0.2) is 10.9 Å². The number of nitrogens with zero attached hydrogens (tertiary/aromatic N) is 1. The molecule has 1 amide bonds. The van der Waals surface area contributed by atoms with Gasteiger partial charge in [-0.1, -0.05) is 25.7 Å². The molecule has 0 saturated heterocycles. The number of amides is 1. The molecule has 2 N–H and O–H groups in total. The second-order valence-corrected chi connectivity index (χ2v) is 8.44. The van der Waals surface area contributed by atoms with Gasteiger partial charge >= 0.3 is 5.69 Å². The molecule has 6 heteroatoms. The van der Waals surface area contributed by atoms with Gasteiger partial charge in [0.05, 0.1) is 0 Å². The summed E-state index contributed by atoms with van der Waals surface area (Å²) in [6.07, 6.45) is 11.4. The molecular formula is C20H29N3O3. The predicted molar refractivity (Wildman–Crippen MR) is 98.1 cm³/mol. The van der Waals surface area contributed by atoms with Crippen molar-refractivity contribution in [2.45, 2.75) is 63.7 Å². The van der Waals surface area contributed by atoms with Gasteiger partial charge in [0.15, 0.2) is 6.61 Å². The molecule has 0 aliphatic heterocycles. The van der Waals surface area contributed by atoms with Gasteiger partial charge in [-0.2, -0.15) is 4.98 Å². The highest BCUT2D eigenvalue weighted by molar-refractivity contribution is 5.77. The highest BCUT2D eigenvalue weighted by atomic mass is 16.5. The van der Waals surface area contributed by atoms with Crippen molar-refractivity contribution < 1.29 is 9.53 Å². The third-order valence-electron chi connectivity index (χ3n) is 6.45. The van der Waals surface area contributed by atoms with Crippen LogP contribution in [0.1, 0.15) is 69.4 Å². The SMILES string of the molecule is O=C(COc1cc(C2CCC2)[nH]c(=O)n1)NCC1CC2CCCC(C2)C1. The van der Waals surface area contributed by atoms with Crippen molar-refractivity contribution in [3.8, 4) is 5.88 Å². The summed E-state index contributed by atoms with van der Waals surface area (Å²) in [4.78, 5) is 30.4. The van der Waals surface area contributed by atoms with E-state index in [2.05, 4.69) is 15.3 Å². The quantitative estimate of drug-likeness (QED) is 0.818. The van der Waals surface area contributed by atoms with E-state index in [4.69, 9.17) is 4.74 Å². The van der Waals surface area contributed by atoms with Crippen LogP contribution in [0.25, 0.3) is 0 Å². The first-order valence-corrected chi connectivity index (χ1v) is 10.2. The monoisotopic (exact) mass is 359 g/mol. The molecule has 2 atom stereocenters. The molecule has 4 rings (SSSR count). The number of rotatable bonds is 6. The fourth-order valence-corrected chi connectivity index (χ4v) is 4.95. The lowest BCUT2D eigenvalue weighted by molar-refractivity contribution is -0.123. The molecule has 0 aromatic carbocycles. The molecule has 1 heterocycles. The summed E-state index contributed by atoms with van der Waals surface area (Å²) in [7, 11) is 0. The number of carbonyl (C=O) groups excluding carboxylic acids is 1. The number of carbonyl (C=O) groups is 1. The first-order chi connectivity index (χ1) is 12.7. The number of hydrogen-bond donors (Lipinski definition) is 2. The molecule has 1 aromatic heterocycles. The van der Waals surface area contributed by atoms with Crippen molar-refractivity contribution in [2.24, 2.45) is 17.8 Å². The van der Waals surface area contributed by atoms with Crippen molar-refractivity contribution in [3.05, 3.63) is 22.2 Å². The Bertz CT molecular complexity index is 686. The lowest BCUT2D eigenvalue weighted by Gasteiger charge is -2.39. The van der Waals surface area contributed by atoms with Crippen LogP contribution in [0.5, 0.6) is 5.88 Å². The Balaban J connectivity index is 1.24. The lowest BCUT2D eigenvalue weighted by Crippen LogP contribution is -2.37. The maximum atomic E-state index is 12.1. The minimum Gasteiger partial charge on any atom is -0.467 e. The van der Waals surface area contributed by atoms with Crippen LogP contribution in [0.2, 0.25) is 0 Å². The van der Waals surface area contributed by atoms with E-state index in [1.54, 1.807) is 6.07 Å². The Hall–Kier alpha value is -1.85. The summed E-state index contributed by atoms with van der Waals surface area (Å²) in [5, 5.41) is 3.01. The highest BCUT2D eigenvalue weighted by Crippen LogP contribution is 2.42. The number of ether oxygens (including phenoxy) is 1. The van der Waals surface area contributed by atoms with Crippen LogP contribution < -0.4 is 15.7 Å². The Labute approximate surface area is 154 Å². The molecule has 1 aromatic rings. The van der Waals surface area contributed by atoms with Crippen LogP contribution in [-0.4, -0.2) is 29.0 Å². The number of hydrogen-bond acceptors (Lipinski definition) is 4. The molecule has 26 heavy (non-hydrogen) atoms. The van der Waals surface area contributed by atoms with Gasteiger partial charge in [-0.25, -0.2) is 4.79 Å². The molecule has 142 valence electrons. The van der Waals surface area contributed by atoms with Crippen molar-refractivity contribution in [2.75, 3.05) is 13.2 Å². The first-order valence-electron chi connectivity index (χ1n) is 10.2. The second-order valence-electron chi connectivity index (χ2n) is 8.44. The second kappa shape index (κ2) is 7.80. The average Bonchev–Trinajstić information content (AvgIpc) is 2.56. The van der Waals surface area contributed by atoms with Crippen molar-refractivity contribution in [1.82, 2.24) is 15.3 Å². The van der Waals surface area contributed by atoms with Gasteiger partial charge in [-0.15, -0.1) is 0 Å². The lowest BCUT2D eigenvalue weighted by atomic mass is 9.68. The van der Waals surface area contributed by atoms with Crippen LogP contribution in [0, 0.1) is 17.8 Å². The zero-order valence-electron chi connectivity index (χ0n) is 15.3. The predicted octanol–water partition coefficient (Wildman–Crippen LogP) is 2.75. The van der Waals surface area contributed by atoms with Gasteiger partial charge < -0.3 is 15.0 Å². The van der Waals surface area contributed by atoms with Gasteiger partial charge in [-0.05, 0) is 55.8 Å². The maximum Gasteiger partial charge on any atom is 0.348 e. The molecular weight excluding hydrogens is 330 g/mol. The third kappa shape index (κ3) is 4.27. The van der Waals surface area contributed by atoms with E-state index >= 15 is 0 Å². The van der Waals surface area contributed by atoms with E-state index in [0.717, 1.165) is 36.9 Å². The molecule has 3 aliphatic rings. The van der Waals surface area contributed by atoms with Gasteiger partial charge in [-0.3, -0.25) is 4.79 Å². The summed E-state index contributed by atoms with van der Waals surface area (Å²) in [5.41, 5.74) is 0.471. The summed E-state index contributed by atoms with van der Waals surface area (Å²) < 4.78 is 5.48. The number of aromatic amines is 1. The number of H-pyrrole nitrogens is 1. The summed E-state index contributed by atoms with van der Waals surface area (Å²) in [6.45, 7) is 0.658. The molecule has 0 radical (unpaired) electrons. The van der Waals surface area contributed by atoms with Crippen molar-refractivity contribution in [3.63, 3.8) is 0 Å². The Morgan fingerprint density at radius 3 is 2.58 bits per heavy atom. The highest BCUT2D eigenvalue weighted by Gasteiger charge is 2.31. The Kier molecular flexibility index (Phi) is 5.27. The van der Waals surface area contributed by atoms with Gasteiger partial charge in [0.1, 0.15) is 0 Å². The van der Waals surface area contributed by atoms with E-state index in [9.17, 15) is 9.59 Å². The fraction of sp³-hybridized carbons (Fsp3) is 0.750. The summed E-state index contributed by atoms with van der Waals surface area (Å²) >= 11 is 0. The van der Waals surface area contributed by atoms with E-state index < -0.39 is 5.69 Å². The summed E-state index contributed by atoms with van der Waals surface area (Å²) in [5.74, 6) is 2.85. The molecule has 2 bridgehead atoms. The van der Waals surface area contributed by atoms with Gasteiger partial charge in [0.2, 0.25) is 5.88 Å². The fourth-order valence-electron chi connectivity index (χ4n) is 4.95. The van der Waals surface area contributed by atoms with Gasteiger partial charge in [0, 0.05) is 18.3 Å². The van der Waals surface area contributed by atoms with E-state index in [-0.39, 0.29) is 18.4 Å². The zero-order chi connectivity index (χ0) is 17.9. The molecule has 2 unspecified atom stereocenters. The molecule has 3 saturated carbocycles. The van der Waals surface area contributed by atoms with E-state index in [1.165, 1.54) is 44.9 Å². The Morgan fingerprint density at radius 1 is 1.15 bits per heavy atom. The normalized spacial score (nSPS) is 28.2. The van der Waals surface area contributed by atoms with Crippen LogP contribution in [-0.2, 0) is 4.79 Å². The van der Waals surface area contributed by atoms with Crippen LogP contribution in [0.3, 0.4) is 0 Å². The van der Waals surface area contributed by atoms with Crippen molar-refractivity contribution in [1.29, 1.82) is 0 Å². The summed E-state index contributed by atoms with van der Waals surface area (Å²) in [6, 6.07) is 1.76. The number of aromatic nitrogens is 2. The Morgan fingerprint density at radius 2 is 1.88 bits per heavy atom. The molecule has 3 aliphatic carbocycles.